The fraction of sp³-hybridized carbons (Fsp3) is 0.286. The van der Waals surface area contributed by atoms with Gasteiger partial charge in [0.2, 0.25) is 6.54 Å². The van der Waals surface area contributed by atoms with Crippen molar-refractivity contribution in [3.8, 4) is 11.7 Å². The summed E-state index contributed by atoms with van der Waals surface area (Å²) < 4.78 is 15.7. The molecular weight excluding hydrogens is 262 g/mol. The zero-order valence-electron chi connectivity index (χ0n) is 11.2. The van der Waals surface area contributed by atoms with Crippen LogP contribution in [0.1, 0.15) is 17.2 Å². The first-order valence-electron chi connectivity index (χ1n) is 6.04. The van der Waals surface area contributed by atoms with Crippen LogP contribution in [0.2, 0.25) is 0 Å². The Labute approximate surface area is 116 Å². The van der Waals surface area contributed by atoms with Crippen LogP contribution >= 0.6 is 0 Å². The number of methoxy groups -OCH3 is 2. The number of furan rings is 1. The predicted molar refractivity (Wildman–Crippen MR) is 72.0 cm³/mol. The third-order valence-electron chi connectivity index (χ3n) is 2.99. The highest BCUT2D eigenvalue weighted by atomic mass is 16.6. The number of rotatable bonds is 6. The van der Waals surface area contributed by atoms with Crippen LogP contribution < -0.4 is 9.47 Å². The Morgan fingerprint density at radius 2 is 1.95 bits per heavy atom. The van der Waals surface area contributed by atoms with Crippen LogP contribution in [0.5, 0.6) is 11.7 Å². The van der Waals surface area contributed by atoms with Gasteiger partial charge >= 0.3 is 0 Å². The van der Waals surface area contributed by atoms with E-state index in [1.165, 1.54) is 14.2 Å². The second kappa shape index (κ2) is 6.10. The van der Waals surface area contributed by atoms with Gasteiger partial charge in [-0.25, -0.2) is 0 Å². The molecule has 1 aromatic carbocycles. The minimum Gasteiger partial charge on any atom is -0.496 e. The highest BCUT2D eigenvalue weighted by molar-refractivity contribution is 5.40. The van der Waals surface area contributed by atoms with Crippen molar-refractivity contribution in [2.75, 3.05) is 20.8 Å². The molecule has 0 bridgehead atoms. The monoisotopic (exact) mass is 277 g/mol. The van der Waals surface area contributed by atoms with E-state index in [0.29, 0.717) is 23.0 Å². The summed E-state index contributed by atoms with van der Waals surface area (Å²) in [6.45, 7) is -0.281. The summed E-state index contributed by atoms with van der Waals surface area (Å²) in [5.74, 6) is 0.867. The van der Waals surface area contributed by atoms with Crippen molar-refractivity contribution in [1.29, 1.82) is 0 Å². The van der Waals surface area contributed by atoms with Crippen molar-refractivity contribution < 1.29 is 18.8 Å². The molecule has 6 heteroatoms. The third kappa shape index (κ3) is 2.90. The van der Waals surface area contributed by atoms with Crippen LogP contribution in [0, 0.1) is 10.1 Å². The second-order valence-corrected chi connectivity index (χ2v) is 4.17. The smallest absolute Gasteiger partial charge is 0.284 e. The molecule has 106 valence electrons. The molecule has 1 heterocycles. The Morgan fingerprint density at radius 3 is 2.55 bits per heavy atom. The normalized spacial score (nSPS) is 11.9. The lowest BCUT2D eigenvalue weighted by Gasteiger charge is -2.14. The van der Waals surface area contributed by atoms with Gasteiger partial charge in [0.15, 0.2) is 0 Å². The van der Waals surface area contributed by atoms with E-state index in [4.69, 9.17) is 13.9 Å². The zero-order chi connectivity index (χ0) is 14.5. The molecule has 0 radical (unpaired) electrons. The van der Waals surface area contributed by atoms with Crippen molar-refractivity contribution in [1.82, 2.24) is 0 Å². The molecule has 0 aliphatic carbocycles. The number of para-hydroxylation sites is 1. The van der Waals surface area contributed by atoms with Gasteiger partial charge < -0.3 is 13.9 Å². The van der Waals surface area contributed by atoms with Crippen molar-refractivity contribution in [3.05, 3.63) is 57.8 Å². The molecule has 0 aliphatic heterocycles. The molecule has 0 fully saturated rings. The molecule has 0 saturated heterocycles. The lowest BCUT2D eigenvalue weighted by atomic mass is 9.95. The molecule has 20 heavy (non-hydrogen) atoms. The molecule has 0 spiro atoms. The maximum Gasteiger partial charge on any atom is 0.284 e. The lowest BCUT2D eigenvalue weighted by molar-refractivity contribution is -0.482. The number of nitrogens with zero attached hydrogens (tertiary/aromatic N) is 1. The van der Waals surface area contributed by atoms with Gasteiger partial charge in [-0.15, -0.1) is 0 Å². The van der Waals surface area contributed by atoms with Crippen LogP contribution in [0.3, 0.4) is 0 Å². The van der Waals surface area contributed by atoms with E-state index in [0.717, 1.165) is 0 Å². The fourth-order valence-electron chi connectivity index (χ4n) is 2.08. The maximum absolute atomic E-state index is 10.9. The van der Waals surface area contributed by atoms with E-state index >= 15 is 0 Å². The average Bonchev–Trinajstić information content (AvgIpc) is 2.93. The highest BCUT2D eigenvalue weighted by Gasteiger charge is 2.26. The summed E-state index contributed by atoms with van der Waals surface area (Å²) in [7, 11) is 3.01. The molecule has 6 nitrogen and oxygen atoms in total. The summed E-state index contributed by atoms with van der Waals surface area (Å²) in [6.07, 6.45) is 0. The molecule has 1 atom stereocenters. The van der Waals surface area contributed by atoms with Crippen molar-refractivity contribution in [2.24, 2.45) is 0 Å². The second-order valence-electron chi connectivity index (χ2n) is 4.17. The van der Waals surface area contributed by atoms with Gasteiger partial charge in [0, 0.05) is 16.6 Å². The fourth-order valence-corrected chi connectivity index (χ4v) is 2.08. The van der Waals surface area contributed by atoms with E-state index < -0.39 is 5.92 Å². The topological polar surface area (TPSA) is 74.7 Å². The number of ether oxygens (including phenoxy) is 2. The first-order chi connectivity index (χ1) is 9.65. The van der Waals surface area contributed by atoms with Crippen molar-refractivity contribution >= 4 is 0 Å². The van der Waals surface area contributed by atoms with E-state index in [1.54, 1.807) is 24.3 Å². The van der Waals surface area contributed by atoms with Gasteiger partial charge in [0.05, 0.1) is 14.2 Å². The molecule has 2 rings (SSSR count). The van der Waals surface area contributed by atoms with E-state index in [2.05, 4.69) is 0 Å². The molecule has 0 N–H and O–H groups in total. The minimum absolute atomic E-state index is 0.281. The number of benzene rings is 1. The molecule has 0 saturated carbocycles. The van der Waals surface area contributed by atoms with Crippen LogP contribution in [0.25, 0.3) is 0 Å². The molecule has 0 aliphatic rings. The van der Waals surface area contributed by atoms with Gasteiger partial charge in [0.25, 0.3) is 5.95 Å². The number of hydrogen-bond acceptors (Lipinski definition) is 5. The molecule has 0 unspecified atom stereocenters. The molecule has 1 aromatic heterocycles. The van der Waals surface area contributed by atoms with Gasteiger partial charge in [-0.3, -0.25) is 10.1 Å². The molecule has 0 amide bonds. The standard InChI is InChI=1S/C14H15NO5/c1-18-12-6-4-3-5-10(12)11(9-15(16)17)13-7-8-14(19-2)20-13/h3-8,11H,9H2,1-2H3/t11-/m1/s1. The lowest BCUT2D eigenvalue weighted by Crippen LogP contribution is -2.14. The van der Waals surface area contributed by atoms with Crippen LogP contribution in [0.4, 0.5) is 0 Å². The summed E-state index contributed by atoms with van der Waals surface area (Å²) in [6, 6.07) is 10.5. The van der Waals surface area contributed by atoms with Crippen molar-refractivity contribution in [2.45, 2.75) is 5.92 Å². The van der Waals surface area contributed by atoms with Gasteiger partial charge in [-0.2, -0.15) is 0 Å². The average molecular weight is 277 g/mol. The minimum atomic E-state index is -0.523. The largest absolute Gasteiger partial charge is 0.496 e. The first-order valence-corrected chi connectivity index (χ1v) is 6.04. The van der Waals surface area contributed by atoms with Crippen molar-refractivity contribution in [3.63, 3.8) is 0 Å². The Balaban J connectivity index is 2.43. The van der Waals surface area contributed by atoms with Crippen LogP contribution in [-0.2, 0) is 0 Å². The van der Waals surface area contributed by atoms with Gasteiger partial charge in [-0.1, -0.05) is 18.2 Å². The van der Waals surface area contributed by atoms with E-state index in [-0.39, 0.29) is 11.5 Å². The Kier molecular flexibility index (Phi) is 4.24. The third-order valence-corrected chi connectivity index (χ3v) is 2.99. The van der Waals surface area contributed by atoms with Gasteiger partial charge in [-0.05, 0) is 12.1 Å². The Bertz CT molecular complexity index is 593. The highest BCUT2D eigenvalue weighted by Crippen LogP contribution is 2.34. The Morgan fingerprint density at radius 1 is 1.20 bits per heavy atom. The Hall–Kier alpha value is -2.50. The van der Waals surface area contributed by atoms with Crippen LogP contribution in [-0.4, -0.2) is 25.7 Å². The summed E-state index contributed by atoms with van der Waals surface area (Å²) in [5, 5.41) is 10.9. The molecular formula is C14H15NO5. The quantitative estimate of drug-likeness (QED) is 0.599. The summed E-state index contributed by atoms with van der Waals surface area (Å²) >= 11 is 0. The maximum atomic E-state index is 10.9. The summed E-state index contributed by atoms with van der Waals surface area (Å²) in [5.41, 5.74) is 0.712. The van der Waals surface area contributed by atoms with Crippen LogP contribution in [0.15, 0.2) is 40.8 Å². The molecule has 2 aromatic rings. The number of nitro groups is 1. The SMILES string of the molecule is COc1ccc([C@H](C[N+](=O)[O-])c2ccccc2OC)o1. The van der Waals surface area contributed by atoms with E-state index in [9.17, 15) is 10.1 Å². The van der Waals surface area contributed by atoms with Gasteiger partial charge in [0.1, 0.15) is 17.4 Å². The van der Waals surface area contributed by atoms with E-state index in [1.807, 2.05) is 12.1 Å². The number of hydrogen-bond donors (Lipinski definition) is 0. The predicted octanol–water partition coefficient (Wildman–Crippen LogP) is 2.71. The summed E-state index contributed by atoms with van der Waals surface area (Å²) in [4.78, 5) is 10.6. The zero-order valence-corrected chi connectivity index (χ0v) is 11.2. The first kappa shape index (κ1) is 13.9.